The first-order valence-corrected chi connectivity index (χ1v) is 23.1. The Labute approximate surface area is 466 Å². The largest absolute Gasteiger partial charge is 1.00 e. The molecule has 20 nitrogen and oxygen atoms in total. The standard InChI is InChI=1S/4C13H13N3O.2Ag.H2O4S/c4*1-10-4-6-11(7-5-10)15-13(17)16-12-3-2-8-14-9-12;;;1-5(2,3)4/h4*2-9H,1H3,(H2,15,16,17);;;(H2,1,2,3,4)/q;;;;2*+1;/p-2. The first-order chi connectivity index (χ1) is 34.9. The fraction of sp³-hybridized carbons (Fsp3) is 0.0769. The molecule has 0 saturated carbocycles. The zero-order chi connectivity index (χ0) is 52.9. The number of aryl methyl sites for hydroxylation is 4. The number of carbonyl (C=O) groups is 4. The van der Waals surface area contributed by atoms with Gasteiger partial charge in [0.25, 0.3) is 0 Å². The minimum Gasteiger partial charge on any atom is -0.759 e. The van der Waals surface area contributed by atoms with Crippen molar-refractivity contribution in [3.05, 3.63) is 217 Å². The number of pyridine rings is 4. The fourth-order valence-corrected chi connectivity index (χ4v) is 5.47. The van der Waals surface area contributed by atoms with E-state index in [1.165, 1.54) is 0 Å². The zero-order valence-corrected chi connectivity index (χ0v) is 44.3. The van der Waals surface area contributed by atoms with Gasteiger partial charge >= 0.3 is 68.9 Å². The molecule has 4 heterocycles. The minimum atomic E-state index is -5.17. The van der Waals surface area contributed by atoms with Gasteiger partial charge in [-0.15, -0.1) is 0 Å². The van der Waals surface area contributed by atoms with Gasteiger partial charge in [0.15, 0.2) is 0 Å². The Morgan fingerprint density at radius 1 is 0.320 bits per heavy atom. The molecule has 0 fully saturated rings. The normalized spacial score (nSPS) is 9.57. The average molecular weight is 1220 g/mol. The van der Waals surface area contributed by atoms with E-state index in [1.807, 2.05) is 125 Å². The second-order valence-corrected chi connectivity index (χ2v) is 16.0. The van der Waals surface area contributed by atoms with Crippen molar-refractivity contribution in [2.24, 2.45) is 0 Å². The van der Waals surface area contributed by atoms with Gasteiger partial charge < -0.3 is 51.6 Å². The number of hydrogen-bond donors (Lipinski definition) is 8. The minimum absolute atomic E-state index is 0. The van der Waals surface area contributed by atoms with E-state index in [0.29, 0.717) is 22.7 Å². The van der Waals surface area contributed by atoms with Crippen molar-refractivity contribution in [1.29, 1.82) is 0 Å². The second kappa shape index (κ2) is 34.4. The van der Waals surface area contributed by atoms with Crippen LogP contribution in [0.25, 0.3) is 0 Å². The summed E-state index contributed by atoms with van der Waals surface area (Å²) >= 11 is 0. The maximum Gasteiger partial charge on any atom is 1.00 e. The van der Waals surface area contributed by atoms with Gasteiger partial charge in [0.1, 0.15) is 0 Å². The number of carbonyl (C=O) groups excluding carboxylic acids is 4. The first kappa shape index (κ1) is 63.0. The van der Waals surface area contributed by atoms with Crippen LogP contribution in [0.4, 0.5) is 64.7 Å². The summed E-state index contributed by atoms with van der Waals surface area (Å²) in [5.41, 5.74) is 10.3. The molecule has 8 amide bonds. The van der Waals surface area contributed by atoms with Crippen LogP contribution in [-0.4, -0.2) is 61.6 Å². The Morgan fingerprint density at radius 2 is 0.480 bits per heavy atom. The molecule has 0 aliphatic rings. The van der Waals surface area contributed by atoms with Crippen molar-refractivity contribution in [2.75, 3.05) is 42.5 Å². The molecule has 0 spiro atoms. The fourth-order valence-electron chi connectivity index (χ4n) is 5.47. The van der Waals surface area contributed by atoms with Gasteiger partial charge in [0, 0.05) is 57.9 Å². The Bertz CT molecular complexity index is 2640. The topological polar surface area (TPSA) is 296 Å². The number of anilines is 8. The van der Waals surface area contributed by atoms with Crippen LogP contribution in [0, 0.1) is 27.7 Å². The van der Waals surface area contributed by atoms with Gasteiger partial charge in [-0.2, -0.15) is 0 Å². The summed E-state index contributed by atoms with van der Waals surface area (Å²) in [6, 6.07) is 43.5. The van der Waals surface area contributed by atoms with Gasteiger partial charge in [0.2, 0.25) is 0 Å². The van der Waals surface area contributed by atoms with Gasteiger partial charge in [-0.3, -0.25) is 28.4 Å². The summed E-state index contributed by atoms with van der Waals surface area (Å²) in [6.07, 6.45) is 13.0. The molecule has 0 radical (unpaired) electrons. The molecule has 0 saturated heterocycles. The van der Waals surface area contributed by atoms with Crippen molar-refractivity contribution >= 4 is 80.0 Å². The summed E-state index contributed by atoms with van der Waals surface area (Å²) in [5, 5.41) is 21.7. The number of nitrogens with one attached hydrogen (secondary N) is 8. The Kier molecular flexibility index (Phi) is 28.9. The maximum atomic E-state index is 11.6. The SMILES string of the molecule is Cc1ccc(NC(=O)Nc2cccnc2)cc1.Cc1ccc(NC(=O)Nc2cccnc2)cc1.Cc1ccc(NC(=O)Nc2cccnc2)cc1.Cc1ccc(NC(=O)Nc2cccnc2)cc1.O=S(=O)([O-])[O-].[Ag+].[Ag+]. The molecule has 4 aromatic heterocycles. The van der Waals surface area contributed by atoms with Crippen molar-refractivity contribution in [2.45, 2.75) is 27.7 Å². The van der Waals surface area contributed by atoms with Gasteiger partial charge in [-0.05, 0) is 125 Å². The van der Waals surface area contributed by atoms with Crippen LogP contribution >= 0.6 is 0 Å². The summed E-state index contributed by atoms with van der Waals surface area (Å²) in [6.45, 7) is 8.00. The molecule has 8 rings (SSSR count). The Morgan fingerprint density at radius 3 is 0.627 bits per heavy atom. The summed E-state index contributed by atoms with van der Waals surface area (Å²) in [4.78, 5) is 62.1. The van der Waals surface area contributed by atoms with Crippen LogP contribution in [0.15, 0.2) is 195 Å². The van der Waals surface area contributed by atoms with Gasteiger partial charge in [-0.1, -0.05) is 70.8 Å². The molecular formula is C52H52Ag2N12O8S. The van der Waals surface area contributed by atoms with E-state index < -0.39 is 10.4 Å². The van der Waals surface area contributed by atoms with Crippen LogP contribution in [0.2, 0.25) is 0 Å². The molecule has 0 bridgehead atoms. The molecular weight excluding hydrogens is 1170 g/mol. The van der Waals surface area contributed by atoms with E-state index in [-0.39, 0.29) is 68.9 Å². The molecule has 75 heavy (non-hydrogen) atoms. The zero-order valence-electron chi connectivity index (χ0n) is 40.5. The summed E-state index contributed by atoms with van der Waals surface area (Å²) < 4.78 is 34.1. The molecule has 8 aromatic rings. The molecule has 4 aromatic carbocycles. The molecule has 8 N–H and O–H groups in total. The molecule has 0 aliphatic heterocycles. The molecule has 0 unspecified atom stereocenters. The van der Waals surface area contributed by atoms with Crippen molar-refractivity contribution < 1.29 is 81.5 Å². The van der Waals surface area contributed by atoms with E-state index in [2.05, 4.69) is 62.5 Å². The Balaban J connectivity index is 0.000000329. The number of rotatable bonds is 8. The van der Waals surface area contributed by atoms with Crippen LogP contribution in [0.3, 0.4) is 0 Å². The second-order valence-electron chi connectivity index (χ2n) is 15.2. The van der Waals surface area contributed by atoms with E-state index >= 15 is 0 Å². The smallest absolute Gasteiger partial charge is 0.759 e. The number of aromatic nitrogens is 4. The monoisotopic (exact) mass is 1220 g/mol. The number of amides is 8. The van der Waals surface area contributed by atoms with Crippen LogP contribution in [0.1, 0.15) is 22.3 Å². The number of nitrogens with zero attached hydrogens (tertiary/aromatic N) is 4. The summed E-state index contributed by atoms with van der Waals surface area (Å²) in [5.74, 6) is 0. The van der Waals surface area contributed by atoms with Crippen molar-refractivity contribution in [3.63, 3.8) is 0 Å². The van der Waals surface area contributed by atoms with Crippen molar-refractivity contribution in [3.8, 4) is 0 Å². The predicted molar refractivity (Wildman–Crippen MR) is 283 cm³/mol. The third-order valence-corrected chi connectivity index (χ3v) is 8.92. The van der Waals surface area contributed by atoms with E-state index in [9.17, 15) is 19.2 Å². The maximum absolute atomic E-state index is 11.6. The van der Waals surface area contributed by atoms with E-state index in [0.717, 1.165) is 45.0 Å². The summed E-state index contributed by atoms with van der Waals surface area (Å²) in [7, 11) is -5.17. The third-order valence-electron chi connectivity index (χ3n) is 8.92. The predicted octanol–water partition coefficient (Wildman–Crippen LogP) is 10.8. The number of benzene rings is 4. The van der Waals surface area contributed by atoms with Crippen molar-refractivity contribution in [1.82, 2.24) is 19.9 Å². The molecule has 396 valence electrons. The van der Waals surface area contributed by atoms with E-state index in [4.69, 9.17) is 17.5 Å². The molecule has 23 heteroatoms. The van der Waals surface area contributed by atoms with Gasteiger partial charge in [-0.25, -0.2) is 19.2 Å². The van der Waals surface area contributed by atoms with E-state index in [1.54, 1.807) is 98.1 Å². The van der Waals surface area contributed by atoms with Crippen LogP contribution in [-0.2, 0) is 55.2 Å². The number of urea groups is 4. The molecule has 0 atom stereocenters. The average Bonchev–Trinajstić information content (AvgIpc) is 3.36. The number of hydrogen-bond acceptors (Lipinski definition) is 12. The first-order valence-electron chi connectivity index (χ1n) is 21.8. The quantitative estimate of drug-likeness (QED) is 0.0400. The van der Waals surface area contributed by atoms with Crippen LogP contribution in [0.5, 0.6) is 0 Å². The van der Waals surface area contributed by atoms with Gasteiger partial charge in [0.05, 0.1) is 47.5 Å². The van der Waals surface area contributed by atoms with Crippen LogP contribution < -0.4 is 42.5 Å². The molecule has 0 aliphatic carbocycles. The Hall–Kier alpha value is -8.09. The third kappa shape index (κ3) is 29.3.